The van der Waals surface area contributed by atoms with E-state index in [1.54, 1.807) is 0 Å². The van der Waals surface area contributed by atoms with E-state index in [-0.39, 0.29) is 0 Å². The molecule has 0 aromatic carbocycles. The van der Waals surface area contributed by atoms with Crippen molar-refractivity contribution in [2.75, 3.05) is 13.7 Å². The molecule has 78 valence electrons. The molecule has 0 aromatic heterocycles. The highest BCUT2D eigenvalue weighted by Crippen LogP contribution is 2.17. The molecule has 2 nitrogen and oxygen atoms in total. The highest BCUT2D eigenvalue weighted by Gasteiger charge is 2.20. The summed E-state index contributed by atoms with van der Waals surface area (Å²) >= 11 is 0. The Morgan fingerprint density at radius 1 is 1.38 bits per heavy atom. The average molecular weight is 185 g/mol. The monoisotopic (exact) mass is 185 g/mol. The van der Waals surface area contributed by atoms with Crippen molar-refractivity contribution in [1.29, 1.82) is 0 Å². The zero-order valence-electron chi connectivity index (χ0n) is 9.18. The first-order chi connectivity index (χ1) is 6.24. The van der Waals surface area contributed by atoms with Gasteiger partial charge in [0.2, 0.25) is 0 Å². The molecule has 1 N–H and O–H groups in total. The molecule has 1 saturated heterocycles. The molecule has 2 heteroatoms. The molecule has 1 fully saturated rings. The fourth-order valence-corrected chi connectivity index (χ4v) is 2.05. The van der Waals surface area contributed by atoms with E-state index in [9.17, 15) is 0 Å². The average Bonchev–Trinajstić information content (AvgIpc) is 2.15. The van der Waals surface area contributed by atoms with Gasteiger partial charge in [-0.1, -0.05) is 20.3 Å². The standard InChI is InChI=1S/C11H23NO/c1-9(2)11(13-3)8-10-6-4-5-7-12-10/h9-12H,4-8H2,1-3H3/t10-,11-/m1/s1. The topological polar surface area (TPSA) is 21.3 Å². The molecule has 1 aliphatic heterocycles. The quantitative estimate of drug-likeness (QED) is 0.725. The van der Waals surface area contributed by atoms with Crippen molar-refractivity contribution in [2.45, 2.75) is 51.7 Å². The van der Waals surface area contributed by atoms with E-state index < -0.39 is 0 Å². The van der Waals surface area contributed by atoms with E-state index in [2.05, 4.69) is 19.2 Å². The first-order valence-electron chi connectivity index (χ1n) is 5.50. The van der Waals surface area contributed by atoms with Gasteiger partial charge in [0, 0.05) is 13.2 Å². The van der Waals surface area contributed by atoms with Crippen molar-refractivity contribution in [3.05, 3.63) is 0 Å². The number of hydrogen-bond acceptors (Lipinski definition) is 2. The Balaban J connectivity index is 2.27. The van der Waals surface area contributed by atoms with E-state index in [1.807, 2.05) is 7.11 Å². The summed E-state index contributed by atoms with van der Waals surface area (Å²) in [6.45, 7) is 5.66. The molecule has 13 heavy (non-hydrogen) atoms. The maximum Gasteiger partial charge on any atom is 0.0609 e. The fourth-order valence-electron chi connectivity index (χ4n) is 2.05. The van der Waals surface area contributed by atoms with Gasteiger partial charge < -0.3 is 10.1 Å². The number of piperidine rings is 1. The summed E-state index contributed by atoms with van der Waals surface area (Å²) in [5.74, 6) is 0.633. The summed E-state index contributed by atoms with van der Waals surface area (Å²) in [5, 5.41) is 3.56. The predicted octanol–water partition coefficient (Wildman–Crippen LogP) is 2.19. The Kier molecular flexibility index (Phi) is 4.74. The number of ether oxygens (including phenoxy) is 1. The van der Waals surface area contributed by atoms with E-state index >= 15 is 0 Å². The van der Waals surface area contributed by atoms with Crippen LogP contribution < -0.4 is 5.32 Å². The molecule has 0 unspecified atom stereocenters. The molecule has 1 aliphatic rings. The molecule has 0 radical (unpaired) electrons. The number of rotatable bonds is 4. The van der Waals surface area contributed by atoms with Gasteiger partial charge in [-0.15, -0.1) is 0 Å². The number of methoxy groups -OCH3 is 1. The lowest BCUT2D eigenvalue weighted by molar-refractivity contribution is 0.0469. The van der Waals surface area contributed by atoms with E-state index in [0.717, 1.165) is 0 Å². The summed E-state index contributed by atoms with van der Waals surface area (Å²) in [6.07, 6.45) is 5.65. The van der Waals surface area contributed by atoms with Crippen LogP contribution in [0.4, 0.5) is 0 Å². The van der Waals surface area contributed by atoms with Crippen molar-refractivity contribution >= 4 is 0 Å². The van der Waals surface area contributed by atoms with Crippen molar-refractivity contribution in [2.24, 2.45) is 5.92 Å². The van der Waals surface area contributed by atoms with Crippen molar-refractivity contribution < 1.29 is 4.74 Å². The Morgan fingerprint density at radius 2 is 2.15 bits per heavy atom. The molecular weight excluding hydrogens is 162 g/mol. The number of hydrogen-bond donors (Lipinski definition) is 1. The summed E-state index contributed by atoms with van der Waals surface area (Å²) in [4.78, 5) is 0. The summed E-state index contributed by atoms with van der Waals surface area (Å²) in [6, 6.07) is 0.695. The third-order valence-corrected chi connectivity index (χ3v) is 2.98. The maximum atomic E-state index is 5.47. The molecule has 0 bridgehead atoms. The Labute approximate surface area is 82.0 Å². The van der Waals surface area contributed by atoms with Crippen LogP contribution in [-0.2, 0) is 4.74 Å². The molecule has 0 aliphatic carbocycles. The van der Waals surface area contributed by atoms with Crippen molar-refractivity contribution in [1.82, 2.24) is 5.32 Å². The minimum Gasteiger partial charge on any atom is -0.381 e. The third-order valence-electron chi connectivity index (χ3n) is 2.98. The van der Waals surface area contributed by atoms with Crippen LogP contribution in [0.15, 0.2) is 0 Å². The smallest absolute Gasteiger partial charge is 0.0609 e. The predicted molar refractivity (Wildman–Crippen MR) is 55.9 cm³/mol. The fraction of sp³-hybridized carbons (Fsp3) is 1.00. The van der Waals surface area contributed by atoms with Crippen LogP contribution >= 0.6 is 0 Å². The van der Waals surface area contributed by atoms with Crippen LogP contribution in [-0.4, -0.2) is 25.8 Å². The van der Waals surface area contributed by atoms with Crippen LogP contribution in [0.5, 0.6) is 0 Å². The summed E-state index contributed by atoms with van der Waals surface area (Å²) in [5.41, 5.74) is 0. The largest absolute Gasteiger partial charge is 0.381 e. The molecule has 0 aromatic rings. The lowest BCUT2D eigenvalue weighted by Crippen LogP contribution is -2.38. The lowest BCUT2D eigenvalue weighted by Gasteiger charge is -2.28. The zero-order valence-corrected chi connectivity index (χ0v) is 9.18. The van der Waals surface area contributed by atoms with Gasteiger partial charge in [-0.3, -0.25) is 0 Å². The maximum absolute atomic E-state index is 5.47. The van der Waals surface area contributed by atoms with Gasteiger partial charge in [0.1, 0.15) is 0 Å². The van der Waals surface area contributed by atoms with Gasteiger partial charge in [-0.05, 0) is 31.7 Å². The molecule has 1 heterocycles. The van der Waals surface area contributed by atoms with Crippen molar-refractivity contribution in [3.8, 4) is 0 Å². The second-order valence-corrected chi connectivity index (χ2v) is 4.40. The molecule has 1 rings (SSSR count). The summed E-state index contributed by atoms with van der Waals surface area (Å²) < 4.78 is 5.47. The summed E-state index contributed by atoms with van der Waals surface area (Å²) in [7, 11) is 1.83. The van der Waals surface area contributed by atoms with Crippen molar-refractivity contribution in [3.63, 3.8) is 0 Å². The van der Waals surface area contributed by atoms with Gasteiger partial charge in [-0.2, -0.15) is 0 Å². The Hall–Kier alpha value is -0.0800. The van der Waals surface area contributed by atoms with Gasteiger partial charge in [-0.25, -0.2) is 0 Å². The van der Waals surface area contributed by atoms with Crippen LogP contribution in [0.1, 0.15) is 39.5 Å². The first kappa shape index (κ1) is 11.0. The van der Waals surface area contributed by atoms with E-state index in [1.165, 1.54) is 32.2 Å². The van der Waals surface area contributed by atoms with Gasteiger partial charge in [0.15, 0.2) is 0 Å². The van der Waals surface area contributed by atoms with E-state index in [4.69, 9.17) is 4.74 Å². The lowest BCUT2D eigenvalue weighted by atomic mass is 9.94. The second-order valence-electron chi connectivity index (χ2n) is 4.40. The van der Waals surface area contributed by atoms with Gasteiger partial charge in [0.25, 0.3) is 0 Å². The first-order valence-corrected chi connectivity index (χ1v) is 5.50. The highest BCUT2D eigenvalue weighted by molar-refractivity contribution is 4.77. The van der Waals surface area contributed by atoms with Gasteiger partial charge in [0.05, 0.1) is 6.10 Å². The zero-order chi connectivity index (χ0) is 9.68. The van der Waals surface area contributed by atoms with Crippen LogP contribution in [0.3, 0.4) is 0 Å². The minimum atomic E-state index is 0.426. The van der Waals surface area contributed by atoms with E-state index in [0.29, 0.717) is 18.1 Å². The number of nitrogens with one attached hydrogen (secondary N) is 1. The second kappa shape index (κ2) is 5.61. The Bertz CT molecular complexity index is 130. The normalized spacial score (nSPS) is 26.3. The third kappa shape index (κ3) is 3.65. The molecule has 2 atom stereocenters. The molecule has 0 spiro atoms. The van der Waals surface area contributed by atoms with Crippen LogP contribution in [0.2, 0.25) is 0 Å². The molecule has 0 saturated carbocycles. The highest BCUT2D eigenvalue weighted by atomic mass is 16.5. The SMILES string of the molecule is CO[C@H](C[C@H]1CCCCN1)C(C)C. The van der Waals surface area contributed by atoms with Crippen LogP contribution in [0.25, 0.3) is 0 Å². The van der Waals surface area contributed by atoms with Gasteiger partial charge >= 0.3 is 0 Å². The molecule has 0 amide bonds. The Morgan fingerprint density at radius 3 is 2.62 bits per heavy atom. The van der Waals surface area contributed by atoms with Crippen LogP contribution in [0, 0.1) is 5.92 Å². The minimum absolute atomic E-state index is 0.426. The molecular formula is C11H23NO.